The molecule has 1 heterocycles. The zero-order valence-electron chi connectivity index (χ0n) is 11.3. The number of hydrogen-bond donors (Lipinski definition) is 1. The molecule has 0 spiro atoms. The van der Waals surface area contributed by atoms with Gasteiger partial charge in [-0.3, -0.25) is 0 Å². The summed E-state index contributed by atoms with van der Waals surface area (Å²) in [7, 11) is 0. The summed E-state index contributed by atoms with van der Waals surface area (Å²) in [6.07, 6.45) is 2.44. The van der Waals surface area contributed by atoms with Crippen molar-refractivity contribution >= 4 is 5.69 Å². The maximum atomic E-state index is 12.9. The van der Waals surface area contributed by atoms with Gasteiger partial charge in [0.05, 0.1) is 0 Å². The molecule has 0 radical (unpaired) electrons. The van der Waals surface area contributed by atoms with Crippen molar-refractivity contribution in [3.8, 4) is 0 Å². The van der Waals surface area contributed by atoms with Gasteiger partial charge in [0, 0.05) is 24.8 Å². The van der Waals surface area contributed by atoms with Crippen LogP contribution in [0.2, 0.25) is 0 Å². The molecular formula is C15H23FN2. The Morgan fingerprint density at radius 1 is 1.33 bits per heavy atom. The van der Waals surface area contributed by atoms with E-state index in [-0.39, 0.29) is 5.82 Å². The molecule has 0 aliphatic carbocycles. The van der Waals surface area contributed by atoms with Crippen molar-refractivity contribution in [2.45, 2.75) is 32.7 Å². The first-order valence-corrected chi connectivity index (χ1v) is 6.89. The number of anilines is 1. The van der Waals surface area contributed by atoms with Gasteiger partial charge in [-0.15, -0.1) is 0 Å². The average Bonchev–Trinajstić information content (AvgIpc) is 2.37. The van der Waals surface area contributed by atoms with E-state index in [2.05, 4.69) is 24.1 Å². The van der Waals surface area contributed by atoms with Crippen molar-refractivity contribution in [2.24, 2.45) is 5.92 Å². The Morgan fingerprint density at radius 2 is 2.06 bits per heavy atom. The Bertz CT molecular complexity index is 361. The van der Waals surface area contributed by atoms with Crippen molar-refractivity contribution in [3.63, 3.8) is 0 Å². The van der Waals surface area contributed by atoms with Gasteiger partial charge in [-0.25, -0.2) is 4.39 Å². The van der Waals surface area contributed by atoms with Crippen molar-refractivity contribution < 1.29 is 4.39 Å². The van der Waals surface area contributed by atoms with Crippen molar-refractivity contribution in [3.05, 3.63) is 30.1 Å². The molecule has 1 aromatic carbocycles. The summed E-state index contributed by atoms with van der Waals surface area (Å²) in [6.45, 7) is 7.63. The van der Waals surface area contributed by atoms with E-state index in [0.717, 1.165) is 25.3 Å². The van der Waals surface area contributed by atoms with Crippen LogP contribution in [0.3, 0.4) is 0 Å². The quantitative estimate of drug-likeness (QED) is 0.883. The molecule has 0 bridgehead atoms. The largest absolute Gasteiger partial charge is 0.370 e. The number of nitrogens with zero attached hydrogens (tertiary/aromatic N) is 1. The molecule has 1 saturated heterocycles. The van der Waals surface area contributed by atoms with Crippen LogP contribution in [0, 0.1) is 11.7 Å². The molecule has 1 atom stereocenters. The second kappa shape index (κ2) is 6.19. The highest BCUT2D eigenvalue weighted by Gasteiger charge is 2.19. The second-order valence-corrected chi connectivity index (χ2v) is 5.56. The Morgan fingerprint density at radius 3 is 2.72 bits per heavy atom. The summed E-state index contributed by atoms with van der Waals surface area (Å²) >= 11 is 0. The number of piperidine rings is 1. The number of rotatable bonds is 4. The topological polar surface area (TPSA) is 15.3 Å². The maximum absolute atomic E-state index is 12.9. The highest BCUT2D eigenvalue weighted by Crippen LogP contribution is 2.20. The van der Waals surface area contributed by atoms with Crippen LogP contribution >= 0.6 is 0 Å². The molecule has 1 aromatic rings. The van der Waals surface area contributed by atoms with E-state index in [1.54, 1.807) is 12.1 Å². The highest BCUT2D eigenvalue weighted by molar-refractivity contribution is 5.46. The molecule has 0 aromatic heterocycles. The molecule has 1 aliphatic rings. The predicted molar refractivity (Wildman–Crippen MR) is 74.5 cm³/mol. The molecule has 0 amide bonds. The first-order valence-electron chi connectivity index (χ1n) is 6.89. The maximum Gasteiger partial charge on any atom is 0.123 e. The summed E-state index contributed by atoms with van der Waals surface area (Å²) in [5.74, 6) is 0.524. The molecule has 100 valence electrons. The standard InChI is InChI=1S/C15H23FN2/c1-12(2)10-17-14-4-3-9-18(11-14)15-7-5-13(16)6-8-15/h5-8,12,14,17H,3-4,9-11H2,1-2H3. The van der Waals surface area contributed by atoms with Gasteiger partial charge in [0.2, 0.25) is 0 Å². The lowest BCUT2D eigenvalue weighted by molar-refractivity contribution is 0.399. The number of benzene rings is 1. The molecule has 1 aliphatic heterocycles. The molecule has 2 rings (SSSR count). The van der Waals surface area contributed by atoms with E-state index in [1.165, 1.54) is 12.8 Å². The van der Waals surface area contributed by atoms with Crippen molar-refractivity contribution in [2.75, 3.05) is 24.5 Å². The zero-order valence-corrected chi connectivity index (χ0v) is 11.3. The minimum Gasteiger partial charge on any atom is -0.370 e. The van der Waals surface area contributed by atoms with Gasteiger partial charge < -0.3 is 10.2 Å². The van der Waals surface area contributed by atoms with Crippen LogP contribution in [0.1, 0.15) is 26.7 Å². The van der Waals surface area contributed by atoms with Crippen LogP contribution in [-0.2, 0) is 0 Å². The van der Waals surface area contributed by atoms with Gasteiger partial charge in [-0.1, -0.05) is 13.8 Å². The first kappa shape index (κ1) is 13.3. The lowest BCUT2D eigenvalue weighted by Crippen LogP contribution is -2.46. The summed E-state index contributed by atoms with van der Waals surface area (Å²) < 4.78 is 12.9. The smallest absolute Gasteiger partial charge is 0.123 e. The van der Waals surface area contributed by atoms with E-state index in [1.807, 2.05) is 12.1 Å². The first-order chi connectivity index (χ1) is 8.65. The molecule has 3 heteroatoms. The molecule has 1 N–H and O–H groups in total. The summed E-state index contributed by atoms with van der Waals surface area (Å²) in [6, 6.07) is 7.40. The Balaban J connectivity index is 1.91. The molecule has 1 fully saturated rings. The monoisotopic (exact) mass is 250 g/mol. The van der Waals surface area contributed by atoms with E-state index in [9.17, 15) is 4.39 Å². The van der Waals surface area contributed by atoms with Gasteiger partial charge in [0.1, 0.15) is 5.82 Å². The van der Waals surface area contributed by atoms with Gasteiger partial charge in [0.25, 0.3) is 0 Å². The average molecular weight is 250 g/mol. The molecule has 2 nitrogen and oxygen atoms in total. The fourth-order valence-electron chi connectivity index (χ4n) is 2.43. The van der Waals surface area contributed by atoms with Gasteiger partial charge in [-0.2, -0.15) is 0 Å². The van der Waals surface area contributed by atoms with Crippen LogP contribution < -0.4 is 10.2 Å². The van der Waals surface area contributed by atoms with E-state index < -0.39 is 0 Å². The Labute approximate surface area is 109 Å². The van der Waals surface area contributed by atoms with Crippen LogP contribution in [0.4, 0.5) is 10.1 Å². The minimum atomic E-state index is -0.162. The summed E-state index contributed by atoms with van der Waals surface area (Å²) in [4.78, 5) is 2.35. The lowest BCUT2D eigenvalue weighted by atomic mass is 10.0. The number of hydrogen-bond acceptors (Lipinski definition) is 2. The fraction of sp³-hybridized carbons (Fsp3) is 0.600. The molecule has 18 heavy (non-hydrogen) atoms. The Kier molecular flexibility index (Phi) is 4.59. The van der Waals surface area contributed by atoms with Gasteiger partial charge in [-0.05, 0) is 49.6 Å². The normalized spacial score (nSPS) is 20.4. The van der Waals surface area contributed by atoms with E-state index in [0.29, 0.717) is 12.0 Å². The molecule has 0 saturated carbocycles. The third-order valence-corrected chi connectivity index (χ3v) is 3.43. The van der Waals surface area contributed by atoms with Crippen molar-refractivity contribution in [1.29, 1.82) is 0 Å². The second-order valence-electron chi connectivity index (χ2n) is 5.56. The number of nitrogens with one attached hydrogen (secondary N) is 1. The third-order valence-electron chi connectivity index (χ3n) is 3.43. The van der Waals surface area contributed by atoms with Crippen LogP contribution in [0.25, 0.3) is 0 Å². The van der Waals surface area contributed by atoms with Crippen molar-refractivity contribution in [1.82, 2.24) is 5.32 Å². The van der Waals surface area contributed by atoms with Crippen LogP contribution in [0.5, 0.6) is 0 Å². The van der Waals surface area contributed by atoms with Crippen LogP contribution in [0.15, 0.2) is 24.3 Å². The highest BCUT2D eigenvalue weighted by atomic mass is 19.1. The SMILES string of the molecule is CC(C)CNC1CCCN(c2ccc(F)cc2)C1. The lowest BCUT2D eigenvalue weighted by Gasteiger charge is -2.35. The summed E-state index contributed by atoms with van der Waals surface area (Å²) in [5, 5.41) is 3.62. The van der Waals surface area contributed by atoms with Gasteiger partial charge >= 0.3 is 0 Å². The molecular weight excluding hydrogens is 227 g/mol. The summed E-state index contributed by atoms with van der Waals surface area (Å²) in [5.41, 5.74) is 1.13. The van der Waals surface area contributed by atoms with E-state index in [4.69, 9.17) is 0 Å². The molecule has 1 unspecified atom stereocenters. The van der Waals surface area contributed by atoms with Gasteiger partial charge in [0.15, 0.2) is 0 Å². The van der Waals surface area contributed by atoms with E-state index >= 15 is 0 Å². The third kappa shape index (κ3) is 3.70. The Hall–Kier alpha value is -1.09. The number of halogens is 1. The predicted octanol–water partition coefficient (Wildman–Crippen LogP) is 3.04. The van der Waals surface area contributed by atoms with Crippen LogP contribution in [-0.4, -0.2) is 25.7 Å². The minimum absolute atomic E-state index is 0.162. The zero-order chi connectivity index (χ0) is 13.0. The fourth-order valence-corrected chi connectivity index (χ4v) is 2.43.